The molecular formula is C22H23NO5. The molecule has 2 aromatic carbocycles. The number of carboxylic acids is 1. The Kier molecular flexibility index (Phi) is 6.45. The van der Waals surface area contributed by atoms with Crippen molar-refractivity contribution in [2.75, 3.05) is 6.61 Å². The van der Waals surface area contributed by atoms with E-state index in [2.05, 4.69) is 4.98 Å². The first kappa shape index (κ1) is 19.6. The molecule has 6 heteroatoms. The van der Waals surface area contributed by atoms with E-state index in [1.807, 2.05) is 61.5 Å². The lowest BCUT2D eigenvalue weighted by molar-refractivity contribution is -0.149. The van der Waals surface area contributed by atoms with Crippen molar-refractivity contribution in [1.82, 2.24) is 4.98 Å². The van der Waals surface area contributed by atoms with Crippen molar-refractivity contribution in [3.8, 4) is 17.2 Å². The summed E-state index contributed by atoms with van der Waals surface area (Å²) in [4.78, 5) is 15.7. The molecule has 0 spiro atoms. The summed E-state index contributed by atoms with van der Waals surface area (Å²) in [6.45, 7) is 4.29. The molecule has 0 bridgehead atoms. The van der Waals surface area contributed by atoms with Gasteiger partial charge in [0.25, 0.3) is 0 Å². The lowest BCUT2D eigenvalue weighted by Crippen LogP contribution is -2.26. The van der Waals surface area contributed by atoms with Crippen molar-refractivity contribution in [1.29, 1.82) is 0 Å². The van der Waals surface area contributed by atoms with E-state index in [1.54, 1.807) is 6.92 Å². The number of oxazole rings is 1. The molecule has 0 radical (unpaired) electrons. The van der Waals surface area contributed by atoms with Crippen LogP contribution >= 0.6 is 0 Å². The van der Waals surface area contributed by atoms with Crippen LogP contribution < -0.4 is 4.74 Å². The number of rotatable bonds is 9. The number of hydrogen-bond donors (Lipinski definition) is 1. The summed E-state index contributed by atoms with van der Waals surface area (Å²) < 4.78 is 16.8. The molecule has 0 fully saturated rings. The van der Waals surface area contributed by atoms with Crippen molar-refractivity contribution in [2.24, 2.45) is 0 Å². The highest BCUT2D eigenvalue weighted by atomic mass is 16.5. The van der Waals surface area contributed by atoms with Gasteiger partial charge >= 0.3 is 5.97 Å². The molecule has 6 nitrogen and oxygen atoms in total. The molecule has 1 heterocycles. The maximum atomic E-state index is 11.2. The highest BCUT2D eigenvalue weighted by molar-refractivity contribution is 5.72. The second kappa shape index (κ2) is 9.19. The minimum absolute atomic E-state index is 0.290. The average molecular weight is 381 g/mol. The smallest absolute Gasteiger partial charge is 0.333 e. The van der Waals surface area contributed by atoms with Crippen LogP contribution in [-0.2, 0) is 22.6 Å². The Morgan fingerprint density at radius 2 is 1.86 bits per heavy atom. The minimum Gasteiger partial charge on any atom is -0.487 e. The molecule has 3 rings (SSSR count). The standard InChI is InChI=1S/C22H23NO5/c1-3-26-20(22(24)25)13-16-9-11-18(12-10-16)27-14-19-15(2)28-21(23-19)17-7-5-4-6-8-17/h4-12,20H,3,13-14H2,1-2H3,(H,24,25)/t20-/m0/s1. The molecule has 0 saturated heterocycles. The third-order valence-electron chi connectivity index (χ3n) is 4.28. The predicted molar refractivity (Wildman–Crippen MR) is 104 cm³/mol. The van der Waals surface area contributed by atoms with Gasteiger partial charge in [0.05, 0.1) is 0 Å². The second-order valence-corrected chi connectivity index (χ2v) is 6.31. The molecule has 0 aliphatic heterocycles. The van der Waals surface area contributed by atoms with Crippen LogP contribution in [-0.4, -0.2) is 28.8 Å². The highest BCUT2D eigenvalue weighted by Gasteiger charge is 2.18. The Hall–Kier alpha value is -3.12. The Morgan fingerprint density at radius 3 is 2.50 bits per heavy atom. The lowest BCUT2D eigenvalue weighted by Gasteiger charge is -2.12. The van der Waals surface area contributed by atoms with Gasteiger partial charge in [-0.3, -0.25) is 0 Å². The van der Waals surface area contributed by atoms with Crippen molar-refractivity contribution in [2.45, 2.75) is 33.0 Å². The van der Waals surface area contributed by atoms with Gasteiger partial charge in [0.15, 0.2) is 6.10 Å². The predicted octanol–water partition coefficient (Wildman–Crippen LogP) is 4.26. The quantitative estimate of drug-likeness (QED) is 0.596. The van der Waals surface area contributed by atoms with E-state index >= 15 is 0 Å². The second-order valence-electron chi connectivity index (χ2n) is 6.31. The number of hydrogen-bond acceptors (Lipinski definition) is 5. The fraction of sp³-hybridized carbons (Fsp3) is 0.273. The number of benzene rings is 2. The van der Waals surface area contributed by atoms with Crippen molar-refractivity contribution in [3.63, 3.8) is 0 Å². The summed E-state index contributed by atoms with van der Waals surface area (Å²) in [6, 6.07) is 17.0. The van der Waals surface area contributed by atoms with Crippen LogP contribution in [0.3, 0.4) is 0 Å². The van der Waals surface area contributed by atoms with Crippen molar-refractivity contribution in [3.05, 3.63) is 71.6 Å². The maximum Gasteiger partial charge on any atom is 0.333 e. The zero-order valence-electron chi connectivity index (χ0n) is 15.9. The van der Waals surface area contributed by atoms with E-state index in [1.165, 1.54) is 0 Å². The molecule has 0 saturated carbocycles. The van der Waals surface area contributed by atoms with Gasteiger partial charge in [-0.15, -0.1) is 0 Å². The first-order chi connectivity index (χ1) is 13.6. The average Bonchev–Trinajstić information content (AvgIpc) is 3.08. The number of aromatic nitrogens is 1. The van der Waals surface area contributed by atoms with Gasteiger partial charge in [-0.2, -0.15) is 0 Å². The zero-order chi connectivity index (χ0) is 19.9. The lowest BCUT2D eigenvalue weighted by atomic mass is 10.1. The topological polar surface area (TPSA) is 81.8 Å². The van der Waals surface area contributed by atoms with Gasteiger partial charge in [0.1, 0.15) is 23.8 Å². The first-order valence-corrected chi connectivity index (χ1v) is 9.14. The summed E-state index contributed by atoms with van der Waals surface area (Å²) in [5.41, 5.74) is 2.53. The maximum absolute atomic E-state index is 11.2. The van der Waals surface area contributed by atoms with E-state index in [0.29, 0.717) is 24.7 Å². The van der Waals surface area contributed by atoms with E-state index in [9.17, 15) is 9.90 Å². The molecule has 0 aliphatic carbocycles. The van der Waals surface area contributed by atoms with E-state index < -0.39 is 12.1 Å². The van der Waals surface area contributed by atoms with Gasteiger partial charge in [-0.05, 0) is 43.7 Å². The number of ether oxygens (including phenoxy) is 2. The summed E-state index contributed by atoms with van der Waals surface area (Å²) in [5.74, 6) is 1.01. The molecule has 146 valence electrons. The number of aryl methyl sites for hydroxylation is 1. The number of carbonyl (C=O) groups is 1. The van der Waals surface area contributed by atoms with Crippen LogP contribution in [0.25, 0.3) is 11.5 Å². The summed E-state index contributed by atoms with van der Waals surface area (Å²) >= 11 is 0. The van der Waals surface area contributed by atoms with E-state index in [0.717, 1.165) is 22.6 Å². The van der Waals surface area contributed by atoms with E-state index in [4.69, 9.17) is 13.9 Å². The summed E-state index contributed by atoms with van der Waals surface area (Å²) in [7, 11) is 0. The fourth-order valence-corrected chi connectivity index (χ4v) is 2.77. The fourth-order valence-electron chi connectivity index (χ4n) is 2.77. The molecular weight excluding hydrogens is 358 g/mol. The molecule has 0 unspecified atom stereocenters. The van der Waals surface area contributed by atoms with E-state index in [-0.39, 0.29) is 6.61 Å². The summed E-state index contributed by atoms with van der Waals surface area (Å²) in [6.07, 6.45) is -0.530. The molecule has 1 N–H and O–H groups in total. The molecule has 28 heavy (non-hydrogen) atoms. The van der Waals surface area contributed by atoms with Crippen LogP contribution in [0, 0.1) is 6.92 Å². The summed E-state index contributed by atoms with van der Waals surface area (Å²) in [5, 5.41) is 9.18. The SMILES string of the molecule is CCO[C@@H](Cc1ccc(OCc2nc(-c3ccccc3)oc2C)cc1)C(=O)O. The van der Waals surface area contributed by atoms with Crippen LogP contribution in [0.2, 0.25) is 0 Å². The first-order valence-electron chi connectivity index (χ1n) is 9.14. The van der Waals surface area contributed by atoms with Gasteiger partial charge in [-0.25, -0.2) is 9.78 Å². The van der Waals surface area contributed by atoms with Crippen LogP contribution in [0.4, 0.5) is 0 Å². The molecule has 1 atom stereocenters. The Bertz CT molecular complexity index is 902. The normalized spacial score (nSPS) is 11.9. The molecule has 3 aromatic rings. The van der Waals surface area contributed by atoms with Crippen LogP contribution in [0.15, 0.2) is 59.0 Å². The molecule has 1 aromatic heterocycles. The Labute approximate surface area is 163 Å². The molecule has 0 aliphatic rings. The van der Waals surface area contributed by atoms with Gasteiger partial charge in [0, 0.05) is 18.6 Å². The van der Waals surface area contributed by atoms with Crippen LogP contribution in [0.5, 0.6) is 5.75 Å². The van der Waals surface area contributed by atoms with Gasteiger partial charge in [0.2, 0.25) is 5.89 Å². The molecule has 0 amide bonds. The Morgan fingerprint density at radius 1 is 1.14 bits per heavy atom. The third kappa shape index (κ3) is 4.98. The largest absolute Gasteiger partial charge is 0.487 e. The number of nitrogens with zero attached hydrogens (tertiary/aromatic N) is 1. The third-order valence-corrected chi connectivity index (χ3v) is 4.28. The van der Waals surface area contributed by atoms with Gasteiger partial charge < -0.3 is 19.0 Å². The van der Waals surface area contributed by atoms with Crippen molar-refractivity contribution >= 4 is 5.97 Å². The van der Waals surface area contributed by atoms with Crippen molar-refractivity contribution < 1.29 is 23.8 Å². The zero-order valence-corrected chi connectivity index (χ0v) is 15.9. The minimum atomic E-state index is -0.960. The number of carboxylic acid groups (broad SMARTS) is 1. The van der Waals surface area contributed by atoms with Gasteiger partial charge in [-0.1, -0.05) is 30.3 Å². The number of aliphatic carboxylic acids is 1. The van der Waals surface area contributed by atoms with Crippen LogP contribution in [0.1, 0.15) is 23.9 Å². The highest BCUT2D eigenvalue weighted by Crippen LogP contribution is 2.23. The Balaban J connectivity index is 1.61. The monoisotopic (exact) mass is 381 g/mol.